The normalized spacial score (nSPS) is 21.2. The van der Waals surface area contributed by atoms with E-state index in [0.29, 0.717) is 0 Å². The molecule has 0 amide bonds. The zero-order valence-electron chi connectivity index (χ0n) is 11.1. The average Bonchev–Trinajstić information content (AvgIpc) is 2.52. The number of hydrogen-bond acceptors (Lipinski definition) is 3. The fraction of sp³-hybridized carbons (Fsp3) is 0.500. The molecule has 0 aliphatic carbocycles. The van der Waals surface area contributed by atoms with Crippen LogP contribution in [0.5, 0.6) is 0 Å². The van der Waals surface area contributed by atoms with Gasteiger partial charge in [-0.2, -0.15) is 0 Å². The van der Waals surface area contributed by atoms with Gasteiger partial charge in [-0.15, -0.1) is 0 Å². The number of benzene rings is 1. The molecule has 0 radical (unpaired) electrons. The minimum absolute atomic E-state index is 0.0685. The third-order valence-electron chi connectivity index (χ3n) is 3.58. The minimum atomic E-state index is -0.729. The van der Waals surface area contributed by atoms with Gasteiger partial charge in [0, 0.05) is 29.3 Å². The summed E-state index contributed by atoms with van der Waals surface area (Å²) in [5.74, 6) is -0.729. The van der Waals surface area contributed by atoms with Crippen LogP contribution in [0.4, 0.5) is 5.69 Å². The second-order valence-corrected chi connectivity index (χ2v) is 5.93. The fourth-order valence-electron chi connectivity index (χ4n) is 2.51. The molecule has 2 rings (SSSR count). The largest absolute Gasteiger partial charge is 0.481 e. The summed E-state index contributed by atoms with van der Waals surface area (Å²) >= 11 is 3.48. The molecule has 1 N–H and O–H groups in total. The number of nitrogens with zero attached hydrogens (tertiary/aromatic N) is 2. The Labute approximate surface area is 122 Å². The standard InChI is InChI=1S/C14H19BrN2O2/c1-16-6-3-7-17(10-13(16)9-14(18)19)12-5-2-4-11(15)8-12/h2,4-5,8,13H,3,6-7,9-10H2,1H3,(H,18,19). The molecular weight excluding hydrogens is 308 g/mol. The lowest BCUT2D eigenvalue weighted by Crippen LogP contribution is -2.40. The lowest BCUT2D eigenvalue weighted by molar-refractivity contribution is -0.138. The average molecular weight is 327 g/mol. The van der Waals surface area contributed by atoms with E-state index in [2.05, 4.69) is 37.9 Å². The van der Waals surface area contributed by atoms with Gasteiger partial charge in [-0.3, -0.25) is 4.79 Å². The van der Waals surface area contributed by atoms with Gasteiger partial charge in [0.2, 0.25) is 0 Å². The van der Waals surface area contributed by atoms with Crippen molar-refractivity contribution in [1.82, 2.24) is 4.90 Å². The van der Waals surface area contributed by atoms with Crippen LogP contribution in [0.3, 0.4) is 0 Å². The van der Waals surface area contributed by atoms with Crippen molar-refractivity contribution in [1.29, 1.82) is 0 Å². The third kappa shape index (κ3) is 3.94. The maximum absolute atomic E-state index is 11.0. The molecule has 1 aromatic rings. The van der Waals surface area contributed by atoms with E-state index in [1.165, 1.54) is 0 Å². The van der Waals surface area contributed by atoms with Gasteiger partial charge < -0.3 is 14.9 Å². The van der Waals surface area contributed by atoms with Crippen molar-refractivity contribution in [2.45, 2.75) is 18.9 Å². The van der Waals surface area contributed by atoms with Gasteiger partial charge in [0.25, 0.3) is 0 Å². The maximum atomic E-state index is 11.0. The first-order chi connectivity index (χ1) is 9.06. The molecule has 1 aromatic carbocycles. The summed E-state index contributed by atoms with van der Waals surface area (Å²) in [6.07, 6.45) is 1.25. The molecule has 0 spiro atoms. The van der Waals surface area contributed by atoms with Crippen molar-refractivity contribution in [3.8, 4) is 0 Å². The lowest BCUT2D eigenvalue weighted by Gasteiger charge is -2.29. The Morgan fingerprint density at radius 2 is 2.26 bits per heavy atom. The van der Waals surface area contributed by atoms with E-state index >= 15 is 0 Å². The van der Waals surface area contributed by atoms with Gasteiger partial charge in [-0.1, -0.05) is 22.0 Å². The number of hydrogen-bond donors (Lipinski definition) is 1. The molecule has 4 nitrogen and oxygen atoms in total. The van der Waals surface area contributed by atoms with Crippen LogP contribution in [0.25, 0.3) is 0 Å². The number of carboxylic acids is 1. The Morgan fingerprint density at radius 3 is 2.95 bits per heavy atom. The Kier molecular flexibility index (Phi) is 4.82. The molecule has 1 heterocycles. The summed E-state index contributed by atoms with van der Waals surface area (Å²) < 4.78 is 1.05. The van der Waals surface area contributed by atoms with E-state index in [1.54, 1.807) is 0 Å². The molecule has 1 aliphatic rings. The molecule has 5 heteroatoms. The minimum Gasteiger partial charge on any atom is -0.481 e. The molecule has 1 fully saturated rings. The van der Waals surface area contributed by atoms with Crippen molar-refractivity contribution in [3.05, 3.63) is 28.7 Å². The molecule has 104 valence electrons. The summed E-state index contributed by atoms with van der Waals surface area (Å²) in [5, 5.41) is 9.02. The van der Waals surface area contributed by atoms with Crippen LogP contribution in [0.1, 0.15) is 12.8 Å². The maximum Gasteiger partial charge on any atom is 0.305 e. The van der Waals surface area contributed by atoms with Gasteiger partial charge in [0.15, 0.2) is 0 Å². The monoisotopic (exact) mass is 326 g/mol. The molecule has 1 unspecified atom stereocenters. The van der Waals surface area contributed by atoms with Gasteiger partial charge in [-0.05, 0) is 38.2 Å². The summed E-state index contributed by atoms with van der Waals surface area (Å²) in [6, 6.07) is 8.25. The van der Waals surface area contributed by atoms with E-state index in [0.717, 1.165) is 36.2 Å². The second kappa shape index (κ2) is 6.39. The smallest absolute Gasteiger partial charge is 0.305 e. The van der Waals surface area contributed by atoms with Gasteiger partial charge in [-0.25, -0.2) is 0 Å². The highest BCUT2D eigenvalue weighted by molar-refractivity contribution is 9.10. The number of halogens is 1. The van der Waals surface area contributed by atoms with Crippen LogP contribution in [0.15, 0.2) is 28.7 Å². The van der Waals surface area contributed by atoms with E-state index in [4.69, 9.17) is 5.11 Å². The first kappa shape index (κ1) is 14.3. The van der Waals surface area contributed by atoms with Gasteiger partial charge >= 0.3 is 5.97 Å². The molecule has 0 bridgehead atoms. The van der Waals surface area contributed by atoms with Crippen LogP contribution in [-0.2, 0) is 4.79 Å². The molecular formula is C14H19BrN2O2. The van der Waals surface area contributed by atoms with Crippen molar-refractivity contribution in [2.75, 3.05) is 31.6 Å². The Balaban J connectivity index is 2.14. The Morgan fingerprint density at radius 1 is 1.47 bits per heavy atom. The number of carboxylic acid groups (broad SMARTS) is 1. The predicted molar refractivity (Wildman–Crippen MR) is 79.6 cm³/mol. The third-order valence-corrected chi connectivity index (χ3v) is 4.07. The van der Waals surface area contributed by atoms with Crippen LogP contribution in [-0.4, -0.2) is 48.7 Å². The predicted octanol–water partition coefficient (Wildman–Crippen LogP) is 2.43. The first-order valence-electron chi connectivity index (χ1n) is 6.49. The molecule has 1 aliphatic heterocycles. The molecule has 1 saturated heterocycles. The number of anilines is 1. The highest BCUT2D eigenvalue weighted by Crippen LogP contribution is 2.23. The van der Waals surface area contributed by atoms with Crippen molar-refractivity contribution >= 4 is 27.6 Å². The quantitative estimate of drug-likeness (QED) is 0.926. The number of carbonyl (C=O) groups is 1. The molecule has 0 aromatic heterocycles. The zero-order valence-corrected chi connectivity index (χ0v) is 12.6. The van der Waals surface area contributed by atoms with Crippen LogP contribution >= 0.6 is 15.9 Å². The summed E-state index contributed by atoms with van der Waals surface area (Å²) in [7, 11) is 2.01. The Hall–Kier alpha value is -1.07. The van der Waals surface area contributed by atoms with Crippen molar-refractivity contribution in [3.63, 3.8) is 0 Å². The molecule has 19 heavy (non-hydrogen) atoms. The van der Waals surface area contributed by atoms with E-state index in [9.17, 15) is 4.79 Å². The molecule has 0 saturated carbocycles. The topological polar surface area (TPSA) is 43.8 Å². The fourth-order valence-corrected chi connectivity index (χ4v) is 2.90. The zero-order chi connectivity index (χ0) is 13.8. The summed E-state index contributed by atoms with van der Waals surface area (Å²) in [4.78, 5) is 15.4. The number of aliphatic carboxylic acids is 1. The van der Waals surface area contributed by atoms with Crippen LogP contribution in [0, 0.1) is 0 Å². The first-order valence-corrected chi connectivity index (χ1v) is 7.28. The molecule has 1 atom stereocenters. The second-order valence-electron chi connectivity index (χ2n) is 5.01. The van der Waals surface area contributed by atoms with Crippen LogP contribution < -0.4 is 4.90 Å². The Bertz CT molecular complexity index is 453. The number of rotatable bonds is 3. The number of likely N-dealkylation sites (N-methyl/N-ethyl adjacent to an activating group) is 1. The van der Waals surface area contributed by atoms with E-state index in [1.807, 2.05) is 19.2 Å². The van der Waals surface area contributed by atoms with E-state index in [-0.39, 0.29) is 12.5 Å². The van der Waals surface area contributed by atoms with Crippen molar-refractivity contribution in [2.24, 2.45) is 0 Å². The highest BCUT2D eigenvalue weighted by atomic mass is 79.9. The van der Waals surface area contributed by atoms with E-state index < -0.39 is 5.97 Å². The summed E-state index contributed by atoms with van der Waals surface area (Å²) in [5.41, 5.74) is 1.15. The van der Waals surface area contributed by atoms with Gasteiger partial charge in [0.05, 0.1) is 6.42 Å². The SMILES string of the molecule is CN1CCCN(c2cccc(Br)c2)CC1CC(=O)O. The van der Waals surface area contributed by atoms with Crippen molar-refractivity contribution < 1.29 is 9.90 Å². The van der Waals surface area contributed by atoms with Crippen LogP contribution in [0.2, 0.25) is 0 Å². The summed E-state index contributed by atoms with van der Waals surface area (Å²) in [6.45, 7) is 2.68. The van der Waals surface area contributed by atoms with Gasteiger partial charge in [0.1, 0.15) is 0 Å². The highest BCUT2D eigenvalue weighted by Gasteiger charge is 2.24. The lowest BCUT2D eigenvalue weighted by atomic mass is 10.1.